The molecule has 1 fully saturated rings. The Hall–Kier alpha value is -1.62. The number of sulfone groups is 1. The molecule has 1 aliphatic heterocycles. The molecule has 4 nitrogen and oxygen atoms in total. The number of hydrogen-bond donors (Lipinski definition) is 0. The average molecular weight is 333 g/mol. The zero-order valence-electron chi connectivity index (χ0n) is 13.4. The molecule has 0 aromatic heterocycles. The van der Waals surface area contributed by atoms with Gasteiger partial charge in [0.2, 0.25) is 5.91 Å². The van der Waals surface area contributed by atoms with E-state index in [4.69, 9.17) is 0 Å². The SMILES string of the molecule is Cc1ccc(N(C(=O)C2CCCCC2)C2C=CS(=O)(=O)C2)cc1. The lowest BCUT2D eigenvalue weighted by molar-refractivity contribution is -0.123. The molecule has 0 spiro atoms. The highest BCUT2D eigenvalue weighted by molar-refractivity contribution is 7.94. The summed E-state index contributed by atoms with van der Waals surface area (Å²) in [6.07, 6.45) is 6.81. The molecule has 0 bridgehead atoms. The van der Waals surface area contributed by atoms with Crippen molar-refractivity contribution in [2.45, 2.75) is 45.1 Å². The van der Waals surface area contributed by atoms with Gasteiger partial charge < -0.3 is 4.90 Å². The van der Waals surface area contributed by atoms with Crippen LogP contribution in [0.4, 0.5) is 5.69 Å². The number of benzene rings is 1. The Balaban J connectivity index is 1.91. The van der Waals surface area contributed by atoms with E-state index in [-0.39, 0.29) is 17.6 Å². The molecule has 1 atom stereocenters. The summed E-state index contributed by atoms with van der Waals surface area (Å²) >= 11 is 0. The number of carbonyl (C=O) groups excluding carboxylic acids is 1. The van der Waals surface area contributed by atoms with Crippen molar-refractivity contribution < 1.29 is 13.2 Å². The van der Waals surface area contributed by atoms with Crippen LogP contribution in [0.25, 0.3) is 0 Å². The number of rotatable bonds is 3. The highest BCUT2D eigenvalue weighted by atomic mass is 32.2. The van der Waals surface area contributed by atoms with Gasteiger partial charge in [-0.1, -0.05) is 37.0 Å². The molecule has 2 aliphatic rings. The summed E-state index contributed by atoms with van der Waals surface area (Å²) in [6, 6.07) is 7.36. The van der Waals surface area contributed by atoms with Gasteiger partial charge in [-0.25, -0.2) is 8.42 Å². The molecule has 1 amide bonds. The molecule has 124 valence electrons. The zero-order chi connectivity index (χ0) is 16.4. The third-order valence-electron chi connectivity index (χ3n) is 4.75. The molecular weight excluding hydrogens is 310 g/mol. The zero-order valence-corrected chi connectivity index (χ0v) is 14.3. The molecule has 0 saturated heterocycles. The van der Waals surface area contributed by atoms with Crippen molar-refractivity contribution in [1.82, 2.24) is 0 Å². The first-order valence-corrected chi connectivity index (χ1v) is 9.98. The Labute approximate surface area is 138 Å². The summed E-state index contributed by atoms with van der Waals surface area (Å²) in [6.45, 7) is 2.00. The van der Waals surface area contributed by atoms with E-state index in [0.29, 0.717) is 0 Å². The maximum Gasteiger partial charge on any atom is 0.230 e. The van der Waals surface area contributed by atoms with Crippen molar-refractivity contribution in [3.63, 3.8) is 0 Å². The topological polar surface area (TPSA) is 54.5 Å². The van der Waals surface area contributed by atoms with Crippen LogP contribution in [-0.4, -0.2) is 26.1 Å². The first-order valence-electron chi connectivity index (χ1n) is 8.27. The Bertz CT molecular complexity index is 700. The second-order valence-corrected chi connectivity index (χ2v) is 8.54. The normalized spacial score (nSPS) is 23.8. The predicted octanol–water partition coefficient (Wildman–Crippen LogP) is 3.22. The fourth-order valence-electron chi connectivity index (χ4n) is 3.45. The van der Waals surface area contributed by atoms with Crippen molar-refractivity contribution in [2.24, 2.45) is 5.92 Å². The maximum atomic E-state index is 13.1. The Morgan fingerprint density at radius 2 is 1.74 bits per heavy atom. The molecule has 1 aromatic carbocycles. The van der Waals surface area contributed by atoms with E-state index < -0.39 is 15.9 Å². The van der Waals surface area contributed by atoms with E-state index in [1.54, 1.807) is 11.0 Å². The maximum absolute atomic E-state index is 13.1. The van der Waals surface area contributed by atoms with E-state index >= 15 is 0 Å². The minimum atomic E-state index is -3.20. The fourth-order valence-corrected chi connectivity index (χ4v) is 4.72. The quantitative estimate of drug-likeness (QED) is 0.853. The number of nitrogens with zero attached hydrogens (tertiary/aromatic N) is 1. The molecule has 0 N–H and O–H groups in total. The van der Waals surface area contributed by atoms with Gasteiger partial charge in [0.15, 0.2) is 9.84 Å². The highest BCUT2D eigenvalue weighted by Crippen LogP contribution is 2.30. The summed E-state index contributed by atoms with van der Waals surface area (Å²) < 4.78 is 23.6. The van der Waals surface area contributed by atoms with Crippen LogP contribution in [0.5, 0.6) is 0 Å². The van der Waals surface area contributed by atoms with Crippen LogP contribution >= 0.6 is 0 Å². The summed E-state index contributed by atoms with van der Waals surface area (Å²) in [7, 11) is -3.20. The highest BCUT2D eigenvalue weighted by Gasteiger charge is 2.35. The number of amides is 1. The van der Waals surface area contributed by atoms with Gasteiger partial charge in [0.1, 0.15) is 0 Å². The Morgan fingerprint density at radius 1 is 1.09 bits per heavy atom. The first kappa shape index (κ1) is 16.2. The molecule has 1 saturated carbocycles. The number of carbonyl (C=O) groups is 1. The van der Waals surface area contributed by atoms with Gasteiger partial charge in [0.25, 0.3) is 0 Å². The minimum Gasteiger partial charge on any atom is -0.304 e. The van der Waals surface area contributed by atoms with Crippen molar-refractivity contribution in [2.75, 3.05) is 10.7 Å². The summed E-state index contributed by atoms with van der Waals surface area (Å²) in [5, 5.41) is 1.24. The van der Waals surface area contributed by atoms with E-state index in [0.717, 1.165) is 36.9 Å². The Morgan fingerprint density at radius 3 is 2.30 bits per heavy atom. The summed E-state index contributed by atoms with van der Waals surface area (Å²) in [4.78, 5) is 14.8. The monoisotopic (exact) mass is 333 g/mol. The van der Waals surface area contributed by atoms with Crippen molar-refractivity contribution in [3.05, 3.63) is 41.3 Å². The number of hydrogen-bond acceptors (Lipinski definition) is 3. The van der Waals surface area contributed by atoms with Crippen LogP contribution in [-0.2, 0) is 14.6 Å². The van der Waals surface area contributed by atoms with E-state index in [1.807, 2.05) is 31.2 Å². The molecule has 1 aromatic rings. The van der Waals surface area contributed by atoms with E-state index in [1.165, 1.54) is 11.8 Å². The second kappa shape index (κ2) is 6.48. The van der Waals surface area contributed by atoms with Crippen LogP contribution in [0.15, 0.2) is 35.7 Å². The molecule has 1 unspecified atom stereocenters. The minimum absolute atomic E-state index is 0.0145. The summed E-state index contributed by atoms with van der Waals surface area (Å²) in [5.74, 6) is 0.0707. The number of aryl methyl sites for hydroxylation is 1. The number of anilines is 1. The van der Waals surface area contributed by atoms with Crippen molar-refractivity contribution >= 4 is 21.4 Å². The lowest BCUT2D eigenvalue weighted by Crippen LogP contribution is -2.45. The molecule has 23 heavy (non-hydrogen) atoms. The first-order chi connectivity index (χ1) is 11.0. The molecule has 0 radical (unpaired) electrons. The van der Waals surface area contributed by atoms with Gasteiger partial charge in [-0.05, 0) is 38.0 Å². The third kappa shape index (κ3) is 3.66. The van der Waals surface area contributed by atoms with Gasteiger partial charge in [-0.2, -0.15) is 0 Å². The van der Waals surface area contributed by atoms with Crippen LogP contribution in [0.3, 0.4) is 0 Å². The van der Waals surface area contributed by atoms with E-state index in [9.17, 15) is 13.2 Å². The third-order valence-corrected chi connectivity index (χ3v) is 6.12. The van der Waals surface area contributed by atoms with Crippen molar-refractivity contribution in [1.29, 1.82) is 0 Å². The predicted molar refractivity (Wildman–Crippen MR) is 92.0 cm³/mol. The second-order valence-electron chi connectivity index (χ2n) is 6.60. The van der Waals surface area contributed by atoms with Gasteiger partial charge in [0.05, 0.1) is 11.8 Å². The fraction of sp³-hybridized carbons (Fsp3) is 0.500. The van der Waals surface area contributed by atoms with Gasteiger partial charge in [0, 0.05) is 17.0 Å². The van der Waals surface area contributed by atoms with E-state index in [2.05, 4.69) is 0 Å². The van der Waals surface area contributed by atoms with Crippen LogP contribution in [0.2, 0.25) is 0 Å². The van der Waals surface area contributed by atoms with Gasteiger partial charge in [-0.15, -0.1) is 0 Å². The lowest BCUT2D eigenvalue weighted by Gasteiger charge is -2.32. The molecule has 1 aliphatic carbocycles. The van der Waals surface area contributed by atoms with Crippen LogP contribution in [0.1, 0.15) is 37.7 Å². The summed E-state index contributed by atoms with van der Waals surface area (Å²) in [5.41, 5.74) is 1.91. The molecule has 1 heterocycles. The average Bonchev–Trinajstić information content (AvgIpc) is 2.90. The Kier molecular flexibility index (Phi) is 4.57. The van der Waals surface area contributed by atoms with Gasteiger partial charge >= 0.3 is 0 Å². The molecular formula is C18H23NO3S. The van der Waals surface area contributed by atoms with Crippen LogP contribution in [0, 0.1) is 12.8 Å². The smallest absolute Gasteiger partial charge is 0.230 e. The van der Waals surface area contributed by atoms with Crippen LogP contribution < -0.4 is 4.90 Å². The lowest BCUT2D eigenvalue weighted by atomic mass is 9.88. The largest absolute Gasteiger partial charge is 0.304 e. The van der Waals surface area contributed by atoms with Gasteiger partial charge in [-0.3, -0.25) is 4.79 Å². The molecule has 5 heteroatoms. The molecule has 3 rings (SSSR count). The van der Waals surface area contributed by atoms with Crippen molar-refractivity contribution in [3.8, 4) is 0 Å². The standard InChI is InChI=1S/C18H23NO3S/c1-14-7-9-16(10-8-14)19(17-11-12-23(21,22)13-17)18(20)15-5-3-2-4-6-15/h7-12,15,17H,2-6,13H2,1H3.